The third-order valence-electron chi connectivity index (χ3n) is 8.11. The Bertz CT molecular complexity index is 1150. The minimum absolute atomic E-state index is 0.00708. The van der Waals surface area contributed by atoms with E-state index in [-0.39, 0.29) is 24.3 Å². The molecular formula is C27H28N2O6. The van der Waals surface area contributed by atoms with Gasteiger partial charge in [-0.3, -0.25) is 4.79 Å². The van der Waals surface area contributed by atoms with E-state index in [1.165, 1.54) is 4.90 Å². The maximum Gasteiger partial charge on any atom is 0.407 e. The zero-order chi connectivity index (χ0) is 24.2. The first-order valence-corrected chi connectivity index (χ1v) is 12.3. The van der Waals surface area contributed by atoms with Gasteiger partial charge in [-0.2, -0.15) is 0 Å². The molecule has 2 aliphatic heterocycles. The van der Waals surface area contributed by atoms with Crippen LogP contribution in [0.4, 0.5) is 4.79 Å². The number of alkyl carbamates (subject to hydrolysis) is 1. The third kappa shape index (κ3) is 3.50. The number of aliphatic carboxylic acids is 1. The number of nitrogens with one attached hydrogen (secondary N) is 1. The summed E-state index contributed by atoms with van der Waals surface area (Å²) in [4.78, 5) is 39.5. The van der Waals surface area contributed by atoms with Crippen molar-refractivity contribution in [3.05, 3.63) is 59.7 Å². The minimum Gasteiger partial charge on any atom is -0.479 e. The first kappa shape index (κ1) is 22.1. The van der Waals surface area contributed by atoms with Gasteiger partial charge < -0.3 is 24.8 Å². The van der Waals surface area contributed by atoms with Crippen molar-refractivity contribution in [2.75, 3.05) is 19.8 Å². The molecule has 0 spiro atoms. The summed E-state index contributed by atoms with van der Waals surface area (Å²) in [6.45, 7) is 0.906. The number of benzene rings is 2. The van der Waals surface area contributed by atoms with Crippen LogP contribution in [0.2, 0.25) is 0 Å². The molecule has 3 fully saturated rings. The quantitative estimate of drug-likeness (QED) is 0.687. The number of nitrogens with zero attached hydrogens (tertiary/aromatic N) is 1. The highest BCUT2D eigenvalue weighted by molar-refractivity contribution is 5.93. The van der Waals surface area contributed by atoms with E-state index >= 15 is 0 Å². The van der Waals surface area contributed by atoms with E-state index in [9.17, 15) is 19.5 Å². The fourth-order valence-corrected chi connectivity index (χ4v) is 6.29. The normalized spacial score (nSPS) is 28.6. The number of fused-ring (bicyclic) bond motifs is 4. The summed E-state index contributed by atoms with van der Waals surface area (Å²) in [7, 11) is 0. The van der Waals surface area contributed by atoms with Crippen LogP contribution >= 0.6 is 0 Å². The van der Waals surface area contributed by atoms with Crippen molar-refractivity contribution in [2.45, 2.75) is 49.3 Å². The molecule has 4 aliphatic rings. The Morgan fingerprint density at radius 1 is 1.06 bits per heavy atom. The predicted octanol–water partition coefficient (Wildman–Crippen LogP) is 3.15. The van der Waals surface area contributed by atoms with Crippen LogP contribution in [0.15, 0.2) is 48.5 Å². The highest BCUT2D eigenvalue weighted by atomic mass is 16.6. The van der Waals surface area contributed by atoms with Gasteiger partial charge in [-0.15, -0.1) is 0 Å². The molecule has 2 unspecified atom stereocenters. The molecule has 8 heteroatoms. The van der Waals surface area contributed by atoms with Crippen LogP contribution in [0.5, 0.6) is 0 Å². The van der Waals surface area contributed by atoms with E-state index < -0.39 is 29.7 Å². The predicted molar refractivity (Wildman–Crippen MR) is 126 cm³/mol. The molecule has 2 amide bonds. The molecule has 8 nitrogen and oxygen atoms in total. The summed E-state index contributed by atoms with van der Waals surface area (Å²) in [6.07, 6.45) is 1.07. The first-order chi connectivity index (χ1) is 17.0. The smallest absolute Gasteiger partial charge is 0.407 e. The number of carboxylic acid groups (broad SMARTS) is 1. The number of carbonyl (C=O) groups is 3. The van der Waals surface area contributed by atoms with E-state index in [1.54, 1.807) is 0 Å². The lowest BCUT2D eigenvalue weighted by Gasteiger charge is -2.36. The third-order valence-corrected chi connectivity index (χ3v) is 8.11. The lowest BCUT2D eigenvalue weighted by atomic mass is 9.98. The number of rotatable bonds is 5. The second-order valence-electron chi connectivity index (χ2n) is 9.92. The van der Waals surface area contributed by atoms with Crippen LogP contribution in [0.25, 0.3) is 11.1 Å². The van der Waals surface area contributed by atoms with Gasteiger partial charge in [-0.1, -0.05) is 48.5 Å². The summed E-state index contributed by atoms with van der Waals surface area (Å²) >= 11 is 0. The zero-order valence-electron chi connectivity index (χ0n) is 19.3. The molecule has 2 N–H and O–H groups in total. The van der Waals surface area contributed by atoms with E-state index in [0.717, 1.165) is 35.1 Å². The lowest BCUT2D eigenvalue weighted by molar-refractivity contribution is -0.159. The highest BCUT2D eigenvalue weighted by Crippen LogP contribution is 2.54. The van der Waals surface area contributed by atoms with Gasteiger partial charge in [0.25, 0.3) is 5.91 Å². The molecule has 4 atom stereocenters. The lowest BCUT2D eigenvalue weighted by Crippen LogP contribution is -2.57. The van der Waals surface area contributed by atoms with Gasteiger partial charge in [-0.05, 0) is 53.9 Å². The number of likely N-dealkylation sites (tertiary alicyclic amines) is 1. The summed E-state index contributed by atoms with van der Waals surface area (Å²) in [6, 6.07) is 15.7. The van der Waals surface area contributed by atoms with Gasteiger partial charge in [0.05, 0.1) is 6.04 Å². The van der Waals surface area contributed by atoms with Crippen molar-refractivity contribution >= 4 is 18.0 Å². The topological polar surface area (TPSA) is 105 Å². The van der Waals surface area contributed by atoms with Gasteiger partial charge in [-0.25, -0.2) is 9.59 Å². The van der Waals surface area contributed by atoms with Crippen molar-refractivity contribution in [1.82, 2.24) is 10.2 Å². The monoisotopic (exact) mass is 476 g/mol. The fraction of sp³-hybridized carbons (Fsp3) is 0.444. The second-order valence-corrected chi connectivity index (χ2v) is 9.92. The Hall–Kier alpha value is -3.39. The molecule has 2 saturated heterocycles. The first-order valence-electron chi connectivity index (χ1n) is 12.3. The molecule has 1 saturated carbocycles. The Balaban J connectivity index is 1.12. The molecule has 35 heavy (non-hydrogen) atoms. The Morgan fingerprint density at radius 3 is 2.43 bits per heavy atom. The maximum atomic E-state index is 13.3. The second kappa shape index (κ2) is 8.37. The number of carboxylic acids is 1. The Kier molecular flexibility index (Phi) is 5.29. The molecule has 0 radical (unpaired) electrons. The number of hydrogen-bond donors (Lipinski definition) is 2. The van der Waals surface area contributed by atoms with E-state index in [2.05, 4.69) is 29.6 Å². The number of piperidine rings is 1. The van der Waals surface area contributed by atoms with E-state index in [4.69, 9.17) is 9.47 Å². The standard InChI is InChI=1S/C27H28N2O6/c30-24(29-12-5-6-16-14-27(16,29)25(31)32)23-22(11-13-34-23)28-26(33)35-15-21-19-9-3-1-7-17(19)18-8-2-4-10-20(18)21/h1-4,7-10,16,21-23H,5-6,11-15H2,(H,28,33)(H,31,32)/t16-,22?,23?,27+/m1/s1. The van der Waals surface area contributed by atoms with Gasteiger partial charge in [0, 0.05) is 19.1 Å². The van der Waals surface area contributed by atoms with Crippen LogP contribution in [0, 0.1) is 5.92 Å². The van der Waals surface area contributed by atoms with Crippen LogP contribution in [0.1, 0.15) is 42.7 Å². The minimum atomic E-state index is -1.10. The number of hydrogen-bond acceptors (Lipinski definition) is 5. The molecule has 182 valence electrons. The summed E-state index contributed by atoms with van der Waals surface area (Å²) in [5.74, 6) is -1.35. The maximum absolute atomic E-state index is 13.3. The van der Waals surface area contributed by atoms with Gasteiger partial charge in [0.15, 0.2) is 6.10 Å². The molecule has 0 aromatic heterocycles. The Labute approximate surface area is 203 Å². The average Bonchev–Trinajstić information content (AvgIpc) is 3.34. The van der Waals surface area contributed by atoms with Crippen molar-refractivity contribution in [3.63, 3.8) is 0 Å². The van der Waals surface area contributed by atoms with Gasteiger partial charge in [0.2, 0.25) is 0 Å². The van der Waals surface area contributed by atoms with Crippen LogP contribution in [-0.4, -0.2) is 65.4 Å². The number of carbonyl (C=O) groups excluding carboxylic acids is 2. The highest BCUT2D eigenvalue weighted by Gasteiger charge is 2.67. The summed E-state index contributed by atoms with van der Waals surface area (Å²) < 4.78 is 11.3. The number of ether oxygens (including phenoxy) is 2. The summed E-state index contributed by atoms with van der Waals surface area (Å²) in [5, 5.41) is 12.6. The fourth-order valence-electron chi connectivity index (χ4n) is 6.29. The number of amides is 2. The zero-order valence-corrected chi connectivity index (χ0v) is 19.3. The van der Waals surface area contributed by atoms with Crippen LogP contribution in [0.3, 0.4) is 0 Å². The molecule has 2 aromatic carbocycles. The largest absolute Gasteiger partial charge is 0.479 e. The molecule has 6 rings (SSSR count). The van der Waals surface area contributed by atoms with E-state index in [1.807, 2.05) is 24.3 Å². The van der Waals surface area contributed by atoms with Gasteiger partial charge in [0.1, 0.15) is 12.1 Å². The molecule has 2 aliphatic carbocycles. The average molecular weight is 477 g/mol. The van der Waals surface area contributed by atoms with Crippen molar-refractivity contribution in [3.8, 4) is 11.1 Å². The SMILES string of the molecule is O=C(NC1CCOC1C(=O)N1CCC[C@@H]2C[C@@]21C(=O)O)OCC1c2ccccc2-c2ccccc21. The van der Waals surface area contributed by atoms with E-state index in [0.29, 0.717) is 26.0 Å². The van der Waals surface area contributed by atoms with Gasteiger partial charge >= 0.3 is 12.1 Å². The molecule has 0 bridgehead atoms. The van der Waals surface area contributed by atoms with Crippen molar-refractivity contribution < 1.29 is 29.0 Å². The molecule has 2 aromatic rings. The van der Waals surface area contributed by atoms with Crippen LogP contribution < -0.4 is 5.32 Å². The molecule has 2 heterocycles. The van der Waals surface area contributed by atoms with Crippen molar-refractivity contribution in [2.24, 2.45) is 5.92 Å². The van der Waals surface area contributed by atoms with Crippen LogP contribution in [-0.2, 0) is 19.1 Å². The van der Waals surface area contributed by atoms with Crippen molar-refractivity contribution in [1.29, 1.82) is 0 Å². The Morgan fingerprint density at radius 2 is 1.74 bits per heavy atom. The summed E-state index contributed by atoms with van der Waals surface area (Å²) in [5.41, 5.74) is 3.46. The molecular weight excluding hydrogens is 448 g/mol.